The van der Waals surface area contributed by atoms with Gasteiger partial charge in [-0.1, -0.05) is 12.1 Å². The van der Waals surface area contributed by atoms with Crippen LogP contribution in [0.5, 0.6) is 0 Å². The predicted molar refractivity (Wildman–Crippen MR) is 99.3 cm³/mol. The molecule has 0 bridgehead atoms. The summed E-state index contributed by atoms with van der Waals surface area (Å²) in [6.07, 6.45) is 2.53. The van der Waals surface area contributed by atoms with Crippen LogP contribution in [0.1, 0.15) is 6.42 Å². The average molecular weight is 377 g/mol. The van der Waals surface area contributed by atoms with E-state index < -0.39 is 10.2 Å². The van der Waals surface area contributed by atoms with Crippen molar-refractivity contribution in [1.29, 1.82) is 0 Å². The molecule has 0 saturated carbocycles. The average Bonchev–Trinajstić information content (AvgIpc) is 2.95. The second-order valence-corrected chi connectivity index (χ2v) is 8.40. The highest BCUT2D eigenvalue weighted by Gasteiger charge is 2.32. The van der Waals surface area contributed by atoms with Gasteiger partial charge in [0.2, 0.25) is 0 Å². The van der Waals surface area contributed by atoms with Crippen molar-refractivity contribution in [2.75, 3.05) is 57.4 Å². The second-order valence-electron chi connectivity index (χ2n) is 6.48. The Labute approximate surface area is 153 Å². The van der Waals surface area contributed by atoms with Crippen molar-refractivity contribution in [3.8, 4) is 0 Å². The molecule has 0 unspecified atom stereocenters. The van der Waals surface area contributed by atoms with E-state index in [1.807, 2.05) is 24.3 Å². The van der Waals surface area contributed by atoms with E-state index in [0.29, 0.717) is 45.9 Å². The van der Waals surface area contributed by atoms with Crippen molar-refractivity contribution in [3.05, 3.63) is 30.5 Å². The summed E-state index contributed by atoms with van der Waals surface area (Å²) in [5.41, 5.74) is 1.72. The van der Waals surface area contributed by atoms with Crippen LogP contribution in [0, 0.1) is 0 Å². The molecule has 1 aromatic carbocycles. The molecule has 0 radical (unpaired) electrons. The van der Waals surface area contributed by atoms with Gasteiger partial charge in [-0.3, -0.25) is 4.98 Å². The maximum atomic E-state index is 12.9. The van der Waals surface area contributed by atoms with E-state index >= 15 is 0 Å². The monoisotopic (exact) mass is 377 g/mol. The fraction of sp³-hybridized carbons (Fsp3) is 0.529. The van der Waals surface area contributed by atoms with Gasteiger partial charge in [0.1, 0.15) is 5.82 Å². The Bertz CT molecular complexity index is 870. The Balaban J connectivity index is 1.48. The van der Waals surface area contributed by atoms with Crippen LogP contribution >= 0.6 is 0 Å². The highest BCUT2D eigenvalue weighted by molar-refractivity contribution is 7.86. The van der Waals surface area contributed by atoms with Gasteiger partial charge < -0.3 is 9.64 Å². The van der Waals surface area contributed by atoms with Crippen molar-refractivity contribution in [1.82, 2.24) is 18.6 Å². The van der Waals surface area contributed by atoms with Crippen LogP contribution in [0.3, 0.4) is 0 Å². The second kappa shape index (κ2) is 7.43. The normalized spacial score (nSPS) is 21.0. The molecule has 9 heteroatoms. The molecule has 1 aromatic heterocycles. The van der Waals surface area contributed by atoms with Gasteiger partial charge in [0.05, 0.1) is 30.4 Å². The molecule has 2 aliphatic heterocycles. The molecular formula is C17H23N5O3S. The summed E-state index contributed by atoms with van der Waals surface area (Å²) in [4.78, 5) is 11.3. The van der Waals surface area contributed by atoms with Gasteiger partial charge in [0.25, 0.3) is 10.2 Å². The van der Waals surface area contributed by atoms with Crippen LogP contribution in [0.2, 0.25) is 0 Å². The summed E-state index contributed by atoms with van der Waals surface area (Å²) in [6, 6.07) is 7.76. The van der Waals surface area contributed by atoms with Gasteiger partial charge in [0.15, 0.2) is 0 Å². The Morgan fingerprint density at radius 2 is 1.62 bits per heavy atom. The third-order valence-electron chi connectivity index (χ3n) is 4.84. The third-order valence-corrected chi connectivity index (χ3v) is 6.87. The molecule has 2 fully saturated rings. The first-order valence-corrected chi connectivity index (χ1v) is 10.3. The van der Waals surface area contributed by atoms with Crippen molar-refractivity contribution in [3.63, 3.8) is 0 Å². The van der Waals surface area contributed by atoms with Crippen molar-refractivity contribution >= 4 is 27.1 Å². The molecule has 140 valence electrons. The van der Waals surface area contributed by atoms with Gasteiger partial charge in [-0.25, -0.2) is 4.98 Å². The number of hydrogen-bond acceptors (Lipinski definition) is 6. The van der Waals surface area contributed by atoms with Gasteiger partial charge in [-0.05, 0) is 18.6 Å². The number of hydrogen-bond donors (Lipinski definition) is 0. The molecule has 2 saturated heterocycles. The Morgan fingerprint density at radius 1 is 0.885 bits per heavy atom. The lowest BCUT2D eigenvalue weighted by Crippen LogP contribution is -2.49. The molecule has 26 heavy (non-hydrogen) atoms. The molecular weight excluding hydrogens is 354 g/mol. The fourth-order valence-electron chi connectivity index (χ4n) is 3.39. The standard InChI is InChI=1S/C17H23N5O3S/c23-26(24,22-10-12-25-13-11-22)21-7-3-6-20(8-9-21)17-14-18-15-4-1-2-5-16(15)19-17/h1-2,4-5,14H,3,6-13H2. The van der Waals surface area contributed by atoms with Crippen molar-refractivity contribution < 1.29 is 13.2 Å². The molecule has 0 aliphatic carbocycles. The molecule has 4 rings (SSSR count). The SMILES string of the molecule is O=S(=O)(N1CCOCC1)N1CCCN(c2cnc3ccccc3n2)CC1. The number of anilines is 1. The van der Waals surface area contributed by atoms with Crippen LogP contribution in [0.25, 0.3) is 11.0 Å². The predicted octanol–water partition coefficient (Wildman–Crippen LogP) is 0.719. The lowest BCUT2D eigenvalue weighted by Gasteiger charge is -2.31. The van der Waals surface area contributed by atoms with Gasteiger partial charge in [-0.2, -0.15) is 17.0 Å². The molecule has 0 atom stereocenters. The summed E-state index contributed by atoms with van der Waals surface area (Å²) in [6.45, 7) is 4.14. The van der Waals surface area contributed by atoms with Gasteiger partial charge in [-0.15, -0.1) is 0 Å². The number of ether oxygens (including phenoxy) is 1. The highest BCUT2D eigenvalue weighted by atomic mass is 32.2. The van der Waals surface area contributed by atoms with E-state index in [1.54, 1.807) is 10.5 Å². The fourth-order valence-corrected chi connectivity index (χ4v) is 5.00. The zero-order chi connectivity index (χ0) is 18.0. The zero-order valence-corrected chi connectivity index (χ0v) is 15.4. The van der Waals surface area contributed by atoms with Crippen molar-refractivity contribution in [2.24, 2.45) is 0 Å². The van der Waals surface area contributed by atoms with E-state index in [9.17, 15) is 8.42 Å². The van der Waals surface area contributed by atoms with E-state index in [4.69, 9.17) is 4.74 Å². The van der Waals surface area contributed by atoms with E-state index in [2.05, 4.69) is 14.9 Å². The summed E-state index contributed by atoms with van der Waals surface area (Å²) in [5.74, 6) is 0.800. The number of morpholine rings is 1. The number of benzene rings is 1. The maximum Gasteiger partial charge on any atom is 0.282 e. The summed E-state index contributed by atoms with van der Waals surface area (Å²) in [7, 11) is -3.42. The number of para-hydroxylation sites is 2. The van der Waals surface area contributed by atoms with Crippen molar-refractivity contribution in [2.45, 2.75) is 6.42 Å². The summed E-state index contributed by atoms with van der Waals surface area (Å²) < 4.78 is 34.1. The van der Waals surface area contributed by atoms with Crippen LogP contribution in [0.4, 0.5) is 5.82 Å². The molecule has 8 nitrogen and oxygen atoms in total. The molecule has 3 heterocycles. The van der Waals surface area contributed by atoms with Crippen LogP contribution < -0.4 is 4.90 Å². The number of fused-ring (bicyclic) bond motifs is 1. The van der Waals surface area contributed by atoms with Gasteiger partial charge >= 0.3 is 0 Å². The minimum absolute atomic E-state index is 0.429. The van der Waals surface area contributed by atoms with E-state index in [0.717, 1.165) is 29.8 Å². The first-order chi connectivity index (χ1) is 12.6. The minimum atomic E-state index is -3.42. The lowest BCUT2D eigenvalue weighted by atomic mass is 10.3. The Hall–Kier alpha value is -1.81. The first-order valence-electron chi connectivity index (χ1n) is 8.94. The topological polar surface area (TPSA) is 78.9 Å². The van der Waals surface area contributed by atoms with Crippen LogP contribution in [-0.2, 0) is 14.9 Å². The summed E-state index contributed by atoms with van der Waals surface area (Å²) >= 11 is 0. The number of aromatic nitrogens is 2. The maximum absolute atomic E-state index is 12.9. The number of nitrogens with zero attached hydrogens (tertiary/aromatic N) is 5. The smallest absolute Gasteiger partial charge is 0.282 e. The third kappa shape index (κ3) is 3.52. The molecule has 0 amide bonds. The Morgan fingerprint density at radius 3 is 2.42 bits per heavy atom. The molecule has 0 N–H and O–H groups in total. The Kier molecular flexibility index (Phi) is 5.03. The largest absolute Gasteiger partial charge is 0.379 e. The van der Waals surface area contributed by atoms with Gasteiger partial charge in [0, 0.05) is 39.3 Å². The molecule has 0 spiro atoms. The molecule has 2 aliphatic rings. The molecule has 2 aromatic rings. The van der Waals surface area contributed by atoms with E-state index in [1.165, 1.54) is 4.31 Å². The van der Waals surface area contributed by atoms with Crippen LogP contribution in [-0.4, -0.2) is 79.5 Å². The minimum Gasteiger partial charge on any atom is -0.379 e. The zero-order valence-electron chi connectivity index (χ0n) is 14.6. The lowest BCUT2D eigenvalue weighted by molar-refractivity contribution is 0.0703. The highest BCUT2D eigenvalue weighted by Crippen LogP contribution is 2.19. The van der Waals surface area contributed by atoms with E-state index in [-0.39, 0.29) is 0 Å². The quantitative estimate of drug-likeness (QED) is 0.784. The van der Waals surface area contributed by atoms with Crippen LogP contribution in [0.15, 0.2) is 30.5 Å². The summed E-state index contributed by atoms with van der Waals surface area (Å²) in [5, 5.41) is 0. The number of rotatable bonds is 3. The first kappa shape index (κ1) is 17.6.